The van der Waals surface area contributed by atoms with Crippen LogP contribution in [-0.4, -0.2) is 25.2 Å². The molecule has 0 saturated heterocycles. The Morgan fingerprint density at radius 1 is 0.692 bits per heavy atom. The van der Waals surface area contributed by atoms with Crippen LogP contribution in [0, 0.1) is 0 Å². The lowest BCUT2D eigenvalue weighted by atomic mass is 10.0. The maximum Gasteiger partial charge on any atom is 0.346 e. The fourth-order valence-corrected chi connectivity index (χ4v) is 3.11. The first-order valence-electron chi connectivity index (χ1n) is 10.9. The molecule has 0 aromatic carbocycles. The van der Waals surface area contributed by atoms with Gasteiger partial charge in [0.1, 0.15) is 0 Å². The number of hydrogen-bond acceptors (Lipinski definition) is 4. The van der Waals surface area contributed by atoms with E-state index in [1.54, 1.807) is 0 Å². The second-order valence-corrected chi connectivity index (χ2v) is 7.35. The van der Waals surface area contributed by atoms with Gasteiger partial charge in [-0.2, -0.15) is 0 Å². The predicted molar refractivity (Wildman–Crippen MR) is 107 cm³/mol. The Morgan fingerprint density at radius 2 is 1.08 bits per heavy atom. The predicted octanol–water partition coefficient (Wildman–Crippen LogP) is 6.35. The molecule has 0 saturated carbocycles. The van der Waals surface area contributed by atoms with Crippen LogP contribution in [0.25, 0.3) is 0 Å². The fraction of sp³-hybridized carbons (Fsp3) is 0.909. The lowest BCUT2D eigenvalue weighted by molar-refractivity contribution is -0.164. The summed E-state index contributed by atoms with van der Waals surface area (Å²) in [6, 6.07) is 0. The summed E-state index contributed by atoms with van der Waals surface area (Å²) in [6.45, 7) is 3.80. The van der Waals surface area contributed by atoms with Crippen molar-refractivity contribution in [3.05, 3.63) is 0 Å². The SMILES string of the molecule is CCCCCCCCCCCCCCCCCC(=O)O[C@H](C)C(=O)OC. The molecule has 0 aromatic heterocycles. The van der Waals surface area contributed by atoms with Crippen LogP contribution in [0.4, 0.5) is 0 Å². The van der Waals surface area contributed by atoms with E-state index in [0.29, 0.717) is 6.42 Å². The lowest BCUT2D eigenvalue weighted by Crippen LogP contribution is -2.25. The molecule has 0 spiro atoms. The Hall–Kier alpha value is -1.06. The second-order valence-electron chi connectivity index (χ2n) is 7.35. The molecule has 1 atom stereocenters. The van der Waals surface area contributed by atoms with Crippen molar-refractivity contribution in [2.24, 2.45) is 0 Å². The van der Waals surface area contributed by atoms with E-state index in [0.717, 1.165) is 12.8 Å². The first-order chi connectivity index (χ1) is 12.6. The largest absolute Gasteiger partial charge is 0.466 e. The number of esters is 2. The van der Waals surface area contributed by atoms with Gasteiger partial charge < -0.3 is 9.47 Å². The zero-order chi connectivity index (χ0) is 19.5. The normalized spacial score (nSPS) is 12.0. The van der Waals surface area contributed by atoms with Crippen LogP contribution in [0.3, 0.4) is 0 Å². The number of hydrogen-bond donors (Lipinski definition) is 0. The molecule has 0 aliphatic rings. The highest BCUT2D eigenvalue weighted by atomic mass is 16.6. The molecule has 4 nitrogen and oxygen atoms in total. The molecular formula is C22H42O4. The van der Waals surface area contributed by atoms with Gasteiger partial charge in [-0.15, -0.1) is 0 Å². The molecule has 0 aromatic rings. The zero-order valence-corrected chi connectivity index (χ0v) is 17.5. The quantitative estimate of drug-likeness (QED) is 0.208. The topological polar surface area (TPSA) is 52.6 Å². The molecule has 0 bridgehead atoms. The van der Waals surface area contributed by atoms with Crippen molar-refractivity contribution in [3.63, 3.8) is 0 Å². The minimum atomic E-state index is -0.802. The van der Waals surface area contributed by atoms with Crippen LogP contribution in [0.5, 0.6) is 0 Å². The summed E-state index contributed by atoms with van der Waals surface area (Å²) in [5, 5.41) is 0. The second kappa shape index (κ2) is 18.7. The maximum atomic E-state index is 11.6. The minimum absolute atomic E-state index is 0.308. The van der Waals surface area contributed by atoms with E-state index in [-0.39, 0.29) is 5.97 Å². The molecule has 0 aliphatic carbocycles. The molecule has 0 heterocycles. The van der Waals surface area contributed by atoms with Gasteiger partial charge >= 0.3 is 11.9 Å². The molecule has 0 rings (SSSR count). The van der Waals surface area contributed by atoms with Gasteiger partial charge in [0, 0.05) is 6.42 Å². The van der Waals surface area contributed by atoms with E-state index in [2.05, 4.69) is 11.7 Å². The molecule has 0 N–H and O–H groups in total. The number of ether oxygens (including phenoxy) is 2. The minimum Gasteiger partial charge on any atom is -0.466 e. The molecule has 154 valence electrons. The zero-order valence-electron chi connectivity index (χ0n) is 17.5. The van der Waals surface area contributed by atoms with Gasteiger partial charge in [0.05, 0.1) is 7.11 Å². The van der Waals surface area contributed by atoms with Crippen LogP contribution in [-0.2, 0) is 19.1 Å². The molecule has 26 heavy (non-hydrogen) atoms. The number of unbranched alkanes of at least 4 members (excludes halogenated alkanes) is 14. The van der Waals surface area contributed by atoms with Gasteiger partial charge in [0.2, 0.25) is 0 Å². The molecular weight excluding hydrogens is 328 g/mol. The molecule has 0 radical (unpaired) electrons. The van der Waals surface area contributed by atoms with Crippen molar-refractivity contribution in [1.29, 1.82) is 0 Å². The van der Waals surface area contributed by atoms with Gasteiger partial charge in [-0.1, -0.05) is 96.8 Å². The smallest absolute Gasteiger partial charge is 0.346 e. The fourth-order valence-electron chi connectivity index (χ4n) is 3.11. The van der Waals surface area contributed by atoms with Crippen molar-refractivity contribution in [1.82, 2.24) is 0 Å². The van der Waals surface area contributed by atoms with Gasteiger partial charge in [0.15, 0.2) is 6.10 Å². The Morgan fingerprint density at radius 3 is 1.46 bits per heavy atom. The Labute approximate surface area is 161 Å². The average Bonchev–Trinajstić information content (AvgIpc) is 2.64. The summed E-state index contributed by atoms with van der Waals surface area (Å²) in [7, 11) is 1.29. The standard InChI is InChI=1S/C22H42O4/c1-4-5-6-7-8-9-10-11-12-13-14-15-16-17-18-19-21(23)26-20(2)22(24)25-3/h20H,4-19H2,1-3H3/t20-/m1/s1. The van der Waals surface area contributed by atoms with Gasteiger partial charge in [0.25, 0.3) is 0 Å². The first-order valence-corrected chi connectivity index (χ1v) is 10.9. The molecule has 4 heteroatoms. The van der Waals surface area contributed by atoms with Gasteiger partial charge in [-0.3, -0.25) is 4.79 Å². The summed E-state index contributed by atoms with van der Waals surface area (Å²) < 4.78 is 9.54. The summed E-state index contributed by atoms with van der Waals surface area (Å²) in [4.78, 5) is 22.7. The van der Waals surface area contributed by atoms with E-state index in [1.807, 2.05) is 0 Å². The lowest BCUT2D eigenvalue weighted by Gasteiger charge is -2.10. The van der Waals surface area contributed by atoms with Crippen molar-refractivity contribution in [2.45, 2.75) is 123 Å². The highest BCUT2D eigenvalue weighted by Crippen LogP contribution is 2.14. The molecule has 0 unspecified atom stereocenters. The first kappa shape index (κ1) is 24.9. The van der Waals surface area contributed by atoms with Crippen LogP contribution in [0.15, 0.2) is 0 Å². The number of methoxy groups -OCH3 is 1. The Balaban J connectivity index is 3.24. The van der Waals surface area contributed by atoms with E-state index in [1.165, 1.54) is 97.5 Å². The van der Waals surface area contributed by atoms with Crippen molar-refractivity contribution < 1.29 is 19.1 Å². The molecule has 0 amide bonds. The molecule has 0 fully saturated rings. The number of rotatable bonds is 18. The maximum absolute atomic E-state index is 11.6. The van der Waals surface area contributed by atoms with Gasteiger partial charge in [-0.25, -0.2) is 4.79 Å². The van der Waals surface area contributed by atoms with Crippen LogP contribution >= 0.6 is 0 Å². The Bertz CT molecular complexity index is 341. The molecule has 0 aliphatic heterocycles. The van der Waals surface area contributed by atoms with Crippen molar-refractivity contribution >= 4 is 11.9 Å². The highest BCUT2D eigenvalue weighted by Gasteiger charge is 2.17. The average molecular weight is 371 g/mol. The Kier molecular flexibility index (Phi) is 18.0. The highest BCUT2D eigenvalue weighted by molar-refractivity contribution is 5.78. The number of carbonyl (C=O) groups is 2. The van der Waals surface area contributed by atoms with Gasteiger partial charge in [-0.05, 0) is 13.3 Å². The third-order valence-corrected chi connectivity index (χ3v) is 4.83. The number of carbonyl (C=O) groups excluding carboxylic acids is 2. The summed E-state index contributed by atoms with van der Waals surface area (Å²) in [5.74, 6) is -0.813. The van der Waals surface area contributed by atoms with Crippen molar-refractivity contribution in [3.8, 4) is 0 Å². The summed E-state index contributed by atoms with van der Waals surface area (Å²) in [6.07, 6.45) is 19.1. The summed E-state index contributed by atoms with van der Waals surface area (Å²) >= 11 is 0. The third-order valence-electron chi connectivity index (χ3n) is 4.83. The van der Waals surface area contributed by atoms with Crippen LogP contribution in [0.1, 0.15) is 117 Å². The monoisotopic (exact) mass is 370 g/mol. The van der Waals surface area contributed by atoms with E-state index in [9.17, 15) is 9.59 Å². The van der Waals surface area contributed by atoms with Crippen LogP contribution in [0.2, 0.25) is 0 Å². The third kappa shape index (κ3) is 16.4. The van der Waals surface area contributed by atoms with E-state index >= 15 is 0 Å². The van der Waals surface area contributed by atoms with Crippen LogP contribution < -0.4 is 0 Å². The van der Waals surface area contributed by atoms with E-state index in [4.69, 9.17) is 4.74 Å². The van der Waals surface area contributed by atoms with Crippen molar-refractivity contribution in [2.75, 3.05) is 7.11 Å². The van der Waals surface area contributed by atoms with E-state index < -0.39 is 12.1 Å². The summed E-state index contributed by atoms with van der Waals surface area (Å²) in [5.41, 5.74) is 0.